The van der Waals surface area contributed by atoms with Crippen molar-refractivity contribution in [2.45, 2.75) is 31.9 Å². The molecule has 2 N–H and O–H groups in total. The van der Waals surface area contributed by atoms with Gasteiger partial charge >= 0.3 is 12.0 Å². The van der Waals surface area contributed by atoms with Gasteiger partial charge in [0.05, 0.1) is 0 Å². The second-order valence-electron chi connectivity index (χ2n) is 3.85. The second kappa shape index (κ2) is 2.90. The molecule has 1 rings (SSSR count). The first-order valence-electron chi connectivity index (χ1n) is 4.08. The number of amides is 2. The maximum atomic E-state index is 11.3. The summed E-state index contributed by atoms with van der Waals surface area (Å²) in [5, 5.41) is 0. The van der Waals surface area contributed by atoms with Crippen molar-refractivity contribution in [2.75, 3.05) is 7.05 Å². The molecule has 0 radical (unpaired) electrons. The summed E-state index contributed by atoms with van der Waals surface area (Å²) in [6.07, 6.45) is 0.491. The fraction of sp³-hybridized carbons (Fsp3) is 0.750. The lowest BCUT2D eigenvalue weighted by molar-refractivity contribution is -0.148. The molecule has 1 saturated heterocycles. The van der Waals surface area contributed by atoms with Crippen LogP contribution >= 0.6 is 0 Å². The molecule has 1 heterocycles. The van der Waals surface area contributed by atoms with Crippen molar-refractivity contribution in [2.24, 2.45) is 5.73 Å². The molecule has 5 heteroatoms. The third kappa shape index (κ3) is 1.91. The minimum Gasteiger partial charge on any atom is -0.458 e. The SMILES string of the molecule is CN(C(N)=O)C1CC(C)(C)OC1=O. The number of likely N-dealkylation sites (N-methyl/N-ethyl adjacent to an activating group) is 1. The zero-order valence-corrected chi connectivity index (χ0v) is 8.03. The van der Waals surface area contributed by atoms with E-state index in [0.29, 0.717) is 6.42 Å². The van der Waals surface area contributed by atoms with Crippen LogP contribution in [0.15, 0.2) is 0 Å². The predicted octanol–water partition coefficient (Wildman–Crippen LogP) is 0.0910. The highest BCUT2D eigenvalue weighted by Gasteiger charge is 2.43. The molecule has 0 saturated carbocycles. The number of carbonyl (C=O) groups excluding carboxylic acids is 2. The minimum atomic E-state index is -0.611. The van der Waals surface area contributed by atoms with E-state index in [1.54, 1.807) is 13.8 Å². The van der Waals surface area contributed by atoms with Gasteiger partial charge in [-0.15, -0.1) is 0 Å². The lowest BCUT2D eigenvalue weighted by Gasteiger charge is -2.19. The Morgan fingerprint density at radius 1 is 1.69 bits per heavy atom. The number of hydrogen-bond acceptors (Lipinski definition) is 3. The molecule has 1 aliphatic heterocycles. The summed E-state index contributed by atoms with van der Waals surface area (Å²) < 4.78 is 5.04. The number of esters is 1. The monoisotopic (exact) mass is 186 g/mol. The van der Waals surface area contributed by atoms with Crippen LogP contribution in [0, 0.1) is 0 Å². The fourth-order valence-corrected chi connectivity index (χ4v) is 1.38. The third-order valence-electron chi connectivity index (χ3n) is 2.15. The van der Waals surface area contributed by atoms with Crippen molar-refractivity contribution in [3.05, 3.63) is 0 Å². The number of urea groups is 1. The van der Waals surface area contributed by atoms with E-state index in [2.05, 4.69) is 0 Å². The van der Waals surface area contributed by atoms with Crippen LogP contribution in [0.4, 0.5) is 4.79 Å². The van der Waals surface area contributed by atoms with Crippen molar-refractivity contribution >= 4 is 12.0 Å². The van der Waals surface area contributed by atoms with Crippen molar-refractivity contribution in [3.63, 3.8) is 0 Å². The highest BCUT2D eigenvalue weighted by atomic mass is 16.6. The summed E-state index contributed by atoms with van der Waals surface area (Å²) in [5.74, 6) is -0.383. The van der Waals surface area contributed by atoms with E-state index in [0.717, 1.165) is 0 Å². The third-order valence-corrected chi connectivity index (χ3v) is 2.15. The summed E-state index contributed by atoms with van der Waals surface area (Å²) in [6, 6.07) is -1.15. The number of rotatable bonds is 1. The molecule has 5 nitrogen and oxygen atoms in total. The highest BCUT2D eigenvalue weighted by molar-refractivity contribution is 5.84. The Bertz CT molecular complexity index is 250. The van der Waals surface area contributed by atoms with Crippen LogP contribution in [0.5, 0.6) is 0 Å². The van der Waals surface area contributed by atoms with Crippen molar-refractivity contribution in [3.8, 4) is 0 Å². The largest absolute Gasteiger partial charge is 0.458 e. The molecule has 74 valence electrons. The summed E-state index contributed by atoms with van der Waals surface area (Å²) in [4.78, 5) is 23.3. The zero-order valence-electron chi connectivity index (χ0n) is 8.03. The van der Waals surface area contributed by atoms with Gasteiger partial charge in [0.15, 0.2) is 0 Å². The van der Waals surface area contributed by atoms with Gasteiger partial charge in [-0.05, 0) is 13.8 Å². The van der Waals surface area contributed by atoms with Gasteiger partial charge < -0.3 is 15.4 Å². The van der Waals surface area contributed by atoms with Crippen LogP contribution in [-0.4, -0.2) is 35.6 Å². The molecular formula is C8H14N2O3. The number of nitrogens with two attached hydrogens (primary N) is 1. The Labute approximate surface area is 76.8 Å². The van der Waals surface area contributed by atoms with E-state index in [-0.39, 0.29) is 5.97 Å². The van der Waals surface area contributed by atoms with E-state index in [1.807, 2.05) is 0 Å². The summed E-state index contributed by atoms with van der Waals surface area (Å²) in [5.41, 5.74) is 4.55. The first-order chi connectivity index (χ1) is 5.83. The highest BCUT2D eigenvalue weighted by Crippen LogP contribution is 2.28. The van der Waals surface area contributed by atoms with Crippen LogP contribution < -0.4 is 5.73 Å². The maximum Gasteiger partial charge on any atom is 0.329 e. The van der Waals surface area contributed by atoms with Gasteiger partial charge in [0.1, 0.15) is 11.6 Å². The summed E-state index contributed by atoms with van der Waals surface area (Å²) >= 11 is 0. The number of ether oxygens (including phenoxy) is 1. The molecule has 0 aromatic rings. The molecule has 2 amide bonds. The van der Waals surface area contributed by atoms with Gasteiger partial charge in [-0.3, -0.25) is 0 Å². The average molecular weight is 186 g/mol. The fourth-order valence-electron chi connectivity index (χ4n) is 1.38. The Kier molecular flexibility index (Phi) is 2.19. The smallest absolute Gasteiger partial charge is 0.329 e. The summed E-state index contributed by atoms with van der Waals surface area (Å²) in [7, 11) is 1.50. The van der Waals surface area contributed by atoms with Crippen LogP contribution in [-0.2, 0) is 9.53 Å². The molecule has 0 aromatic heterocycles. The van der Waals surface area contributed by atoms with E-state index >= 15 is 0 Å². The Morgan fingerprint density at radius 3 is 2.54 bits per heavy atom. The van der Waals surface area contributed by atoms with Crippen molar-refractivity contribution < 1.29 is 14.3 Å². The standard InChI is InChI=1S/C8H14N2O3/c1-8(2)4-5(6(11)13-8)10(3)7(9)12/h5H,4H2,1-3H3,(H2,9,12). The quantitative estimate of drug-likeness (QED) is 0.590. The van der Waals surface area contributed by atoms with Gasteiger partial charge in [0.2, 0.25) is 0 Å². The Balaban J connectivity index is 2.73. The molecule has 1 aliphatic rings. The average Bonchev–Trinajstić information content (AvgIpc) is 2.22. The second-order valence-corrected chi connectivity index (χ2v) is 3.85. The zero-order chi connectivity index (χ0) is 10.2. The van der Waals surface area contributed by atoms with Gasteiger partial charge in [-0.2, -0.15) is 0 Å². The molecule has 1 atom stereocenters. The molecule has 1 fully saturated rings. The Morgan fingerprint density at radius 2 is 2.23 bits per heavy atom. The van der Waals surface area contributed by atoms with Crippen LogP contribution in [0.25, 0.3) is 0 Å². The van der Waals surface area contributed by atoms with Crippen LogP contribution in [0.2, 0.25) is 0 Å². The van der Waals surface area contributed by atoms with Crippen molar-refractivity contribution in [1.29, 1.82) is 0 Å². The molecular weight excluding hydrogens is 172 g/mol. The first kappa shape index (κ1) is 9.83. The number of cyclic esters (lactones) is 1. The van der Waals surface area contributed by atoms with Gasteiger partial charge in [0, 0.05) is 13.5 Å². The van der Waals surface area contributed by atoms with Gasteiger partial charge in [-0.1, -0.05) is 0 Å². The number of nitrogens with zero attached hydrogens (tertiary/aromatic N) is 1. The van der Waals surface area contributed by atoms with Crippen molar-refractivity contribution in [1.82, 2.24) is 4.90 Å². The lowest BCUT2D eigenvalue weighted by atomic mass is 10.0. The van der Waals surface area contributed by atoms with Crippen LogP contribution in [0.1, 0.15) is 20.3 Å². The van der Waals surface area contributed by atoms with Crippen LogP contribution in [0.3, 0.4) is 0 Å². The molecule has 1 unspecified atom stereocenters. The normalized spacial score (nSPS) is 25.5. The molecule has 13 heavy (non-hydrogen) atoms. The molecule has 0 aliphatic carbocycles. The van der Waals surface area contributed by atoms with E-state index in [9.17, 15) is 9.59 Å². The Hall–Kier alpha value is -1.26. The summed E-state index contributed by atoms with van der Waals surface area (Å²) in [6.45, 7) is 3.61. The minimum absolute atomic E-state index is 0.383. The van der Waals surface area contributed by atoms with Gasteiger partial charge in [0.25, 0.3) is 0 Å². The van der Waals surface area contributed by atoms with E-state index in [1.165, 1.54) is 11.9 Å². The van der Waals surface area contributed by atoms with Gasteiger partial charge in [-0.25, -0.2) is 9.59 Å². The number of carbonyl (C=O) groups is 2. The van der Waals surface area contributed by atoms with E-state index in [4.69, 9.17) is 10.5 Å². The topological polar surface area (TPSA) is 72.6 Å². The maximum absolute atomic E-state index is 11.3. The number of primary amides is 1. The van der Waals surface area contributed by atoms with E-state index < -0.39 is 17.7 Å². The number of hydrogen-bond donors (Lipinski definition) is 1. The first-order valence-corrected chi connectivity index (χ1v) is 4.08. The predicted molar refractivity (Wildman–Crippen MR) is 45.9 cm³/mol. The molecule has 0 aromatic carbocycles. The lowest BCUT2D eigenvalue weighted by Crippen LogP contribution is -2.43. The molecule has 0 spiro atoms. The molecule has 0 bridgehead atoms.